The van der Waals surface area contributed by atoms with E-state index in [-0.39, 0.29) is 0 Å². The van der Waals surface area contributed by atoms with E-state index >= 15 is 0 Å². The molecule has 0 bridgehead atoms. The Kier molecular flexibility index (Phi) is 2.42. The molecule has 0 aliphatic carbocycles. The Morgan fingerprint density at radius 3 is 2.87 bits per heavy atom. The predicted octanol–water partition coefficient (Wildman–Crippen LogP) is 2.27. The van der Waals surface area contributed by atoms with Gasteiger partial charge in [-0.3, -0.25) is 0 Å². The van der Waals surface area contributed by atoms with Gasteiger partial charge in [-0.25, -0.2) is 4.98 Å². The van der Waals surface area contributed by atoms with Crippen molar-refractivity contribution in [3.63, 3.8) is 0 Å². The fourth-order valence-electron chi connectivity index (χ4n) is 1.88. The molecule has 0 spiro atoms. The van der Waals surface area contributed by atoms with Crippen LogP contribution < -0.4 is 10.7 Å². The quantitative estimate of drug-likeness (QED) is 0.740. The second-order valence-electron chi connectivity index (χ2n) is 3.68. The summed E-state index contributed by atoms with van der Waals surface area (Å²) in [6.45, 7) is 5.79. The van der Waals surface area contributed by atoms with Crippen LogP contribution in [0.3, 0.4) is 0 Å². The minimum absolute atomic E-state index is 0.805. The van der Waals surface area contributed by atoms with Crippen LogP contribution >= 0.6 is 0 Å². The van der Waals surface area contributed by atoms with E-state index in [1.165, 1.54) is 0 Å². The monoisotopic (exact) mass is 199 g/mol. The van der Waals surface area contributed by atoms with Crippen molar-refractivity contribution in [3.8, 4) is 0 Å². The third-order valence-electron chi connectivity index (χ3n) is 2.67. The van der Waals surface area contributed by atoms with Gasteiger partial charge in [-0.05, 0) is 12.5 Å². The molecule has 0 unspecified atom stereocenters. The van der Waals surface area contributed by atoms with E-state index in [9.17, 15) is 0 Å². The Morgan fingerprint density at radius 1 is 1.40 bits per heavy atom. The van der Waals surface area contributed by atoms with Crippen LogP contribution in [0, 0.1) is 6.92 Å². The van der Waals surface area contributed by atoms with Gasteiger partial charge in [0.2, 0.25) is 5.52 Å². The van der Waals surface area contributed by atoms with Gasteiger partial charge in [0.15, 0.2) is 5.69 Å². The van der Waals surface area contributed by atoms with Crippen molar-refractivity contribution in [2.45, 2.75) is 13.3 Å². The van der Waals surface area contributed by atoms with Gasteiger partial charge in [-0.2, -0.15) is 0 Å². The molecule has 0 fully saturated rings. The zero-order valence-electron chi connectivity index (χ0n) is 8.88. The fourth-order valence-corrected chi connectivity index (χ4v) is 1.88. The molecule has 0 atom stereocenters. The van der Waals surface area contributed by atoms with Gasteiger partial charge in [0.05, 0.1) is 11.1 Å². The van der Waals surface area contributed by atoms with Crippen LogP contribution in [0.4, 0.5) is 5.69 Å². The number of anilines is 1. The number of hydrogen-bond acceptors (Lipinski definition) is 1. The van der Waals surface area contributed by atoms with Gasteiger partial charge in [-0.1, -0.05) is 18.2 Å². The zero-order chi connectivity index (χ0) is 10.8. The van der Waals surface area contributed by atoms with Crippen LogP contribution in [0.2, 0.25) is 0 Å². The molecule has 1 aromatic carbocycles. The molecule has 76 valence electrons. The first-order valence-electron chi connectivity index (χ1n) is 5.04. The summed E-state index contributed by atoms with van der Waals surface area (Å²) in [5.41, 5.74) is 10.3. The van der Waals surface area contributed by atoms with E-state index in [0.29, 0.717) is 0 Å². The lowest BCUT2D eigenvalue weighted by Gasteiger charge is -2.05. The average molecular weight is 199 g/mol. The summed E-state index contributed by atoms with van der Waals surface area (Å²) in [5, 5.41) is 1.08. The third kappa shape index (κ3) is 1.59. The summed E-state index contributed by atoms with van der Waals surface area (Å²) in [6, 6.07) is 8.08. The Hall–Kier alpha value is -1.83. The van der Waals surface area contributed by atoms with E-state index in [2.05, 4.69) is 11.6 Å². The molecule has 1 heterocycles. The van der Waals surface area contributed by atoms with E-state index < -0.39 is 0 Å². The maximum atomic E-state index is 6.14. The highest BCUT2D eigenvalue weighted by Crippen LogP contribution is 2.23. The molecule has 0 saturated heterocycles. The second-order valence-corrected chi connectivity index (χ2v) is 3.68. The Labute approximate surface area is 89.4 Å². The number of allylic oxidation sites excluding steroid dienone is 1. The minimum Gasteiger partial charge on any atom is -0.398 e. The standard InChI is InChI=1S/C13H14N2/c1-3-6-10-9(2)15-12-8-5-4-7-11(12)13(10)14/h3-5,7-8H,1,6H2,2H3,(H2,14,15)/p+1. The second kappa shape index (κ2) is 3.73. The number of pyridine rings is 1. The normalized spacial score (nSPS) is 10.5. The predicted molar refractivity (Wildman–Crippen MR) is 63.6 cm³/mol. The fraction of sp³-hybridized carbons (Fsp3) is 0.154. The lowest BCUT2D eigenvalue weighted by Crippen LogP contribution is -2.14. The Bertz CT molecular complexity index is 515. The number of hydrogen-bond donors (Lipinski definition) is 1. The van der Waals surface area contributed by atoms with Crippen LogP contribution in [-0.4, -0.2) is 0 Å². The molecule has 0 aliphatic heterocycles. The summed E-state index contributed by atoms with van der Waals surface area (Å²) >= 11 is 0. The van der Waals surface area contributed by atoms with Crippen molar-refractivity contribution in [1.82, 2.24) is 0 Å². The minimum atomic E-state index is 0.805. The summed E-state index contributed by atoms with van der Waals surface area (Å²) < 4.78 is 0. The number of aromatic amines is 1. The van der Waals surface area contributed by atoms with Gasteiger partial charge in [0.25, 0.3) is 0 Å². The highest BCUT2D eigenvalue weighted by atomic mass is 14.7. The van der Waals surface area contributed by atoms with Crippen molar-refractivity contribution >= 4 is 16.6 Å². The number of fused-ring (bicyclic) bond motifs is 1. The number of nitrogens with two attached hydrogens (primary N) is 1. The van der Waals surface area contributed by atoms with Gasteiger partial charge in [0, 0.05) is 18.6 Å². The van der Waals surface area contributed by atoms with E-state index in [0.717, 1.165) is 34.3 Å². The van der Waals surface area contributed by atoms with E-state index in [1.54, 1.807) is 0 Å². The SMILES string of the molecule is C=CCc1c(C)[nH+]c2ccccc2c1N. The molecule has 1 aromatic heterocycles. The maximum absolute atomic E-state index is 6.14. The van der Waals surface area contributed by atoms with Gasteiger partial charge >= 0.3 is 0 Å². The van der Waals surface area contributed by atoms with Crippen molar-refractivity contribution in [2.24, 2.45) is 0 Å². The lowest BCUT2D eigenvalue weighted by atomic mass is 10.0. The van der Waals surface area contributed by atoms with Crippen LogP contribution in [0.5, 0.6) is 0 Å². The number of nitrogens with one attached hydrogen (secondary N) is 1. The molecule has 2 aromatic rings. The molecule has 0 radical (unpaired) electrons. The van der Waals surface area contributed by atoms with Gasteiger partial charge in [0.1, 0.15) is 0 Å². The summed E-state index contributed by atoms with van der Waals surface area (Å²) in [4.78, 5) is 3.36. The van der Waals surface area contributed by atoms with Crippen LogP contribution in [0.15, 0.2) is 36.9 Å². The molecule has 3 N–H and O–H groups in total. The van der Waals surface area contributed by atoms with Gasteiger partial charge in [-0.15, -0.1) is 6.58 Å². The average Bonchev–Trinajstić information content (AvgIpc) is 2.24. The Morgan fingerprint density at radius 2 is 2.13 bits per heavy atom. The highest BCUT2D eigenvalue weighted by molar-refractivity contribution is 5.89. The first-order chi connectivity index (χ1) is 7.24. The first-order valence-corrected chi connectivity index (χ1v) is 5.04. The van der Waals surface area contributed by atoms with E-state index in [4.69, 9.17) is 5.73 Å². The Balaban J connectivity index is 2.77. The topological polar surface area (TPSA) is 40.2 Å². The summed E-state index contributed by atoms with van der Waals surface area (Å²) in [6.07, 6.45) is 2.68. The number of rotatable bonds is 2. The highest BCUT2D eigenvalue weighted by Gasteiger charge is 2.13. The molecule has 2 rings (SSSR count). The number of para-hydroxylation sites is 1. The molecule has 0 aliphatic rings. The van der Waals surface area contributed by atoms with Crippen molar-refractivity contribution in [1.29, 1.82) is 0 Å². The number of H-pyrrole nitrogens is 1. The first kappa shape index (κ1) is 9.71. The number of aromatic nitrogens is 1. The number of benzene rings is 1. The van der Waals surface area contributed by atoms with Crippen LogP contribution in [-0.2, 0) is 6.42 Å². The molecule has 0 amide bonds. The van der Waals surface area contributed by atoms with Crippen LogP contribution in [0.1, 0.15) is 11.3 Å². The largest absolute Gasteiger partial charge is 0.398 e. The smallest absolute Gasteiger partial charge is 0.213 e. The van der Waals surface area contributed by atoms with Crippen molar-refractivity contribution in [3.05, 3.63) is 48.2 Å². The zero-order valence-corrected chi connectivity index (χ0v) is 8.88. The van der Waals surface area contributed by atoms with Crippen molar-refractivity contribution < 1.29 is 4.98 Å². The van der Waals surface area contributed by atoms with Crippen LogP contribution in [0.25, 0.3) is 10.9 Å². The molecular formula is C13H15N2+. The molecule has 15 heavy (non-hydrogen) atoms. The van der Waals surface area contributed by atoms with E-state index in [1.807, 2.05) is 37.3 Å². The molecular weight excluding hydrogens is 184 g/mol. The van der Waals surface area contributed by atoms with Gasteiger partial charge < -0.3 is 5.73 Å². The molecule has 2 heteroatoms. The maximum Gasteiger partial charge on any atom is 0.213 e. The molecule has 2 nitrogen and oxygen atoms in total. The number of nitrogen functional groups attached to an aromatic ring is 1. The lowest BCUT2D eigenvalue weighted by molar-refractivity contribution is -0.355. The summed E-state index contributed by atoms with van der Waals surface area (Å²) in [7, 11) is 0. The van der Waals surface area contributed by atoms with Crippen molar-refractivity contribution in [2.75, 3.05) is 5.73 Å². The third-order valence-corrected chi connectivity index (χ3v) is 2.67. The summed E-state index contributed by atoms with van der Waals surface area (Å²) in [5.74, 6) is 0. The number of aryl methyl sites for hydroxylation is 1. The molecule has 0 saturated carbocycles.